The highest BCUT2D eigenvalue weighted by molar-refractivity contribution is 6.30. The molecule has 0 saturated heterocycles. The minimum Gasteiger partial charge on any atom is -0.324 e. The number of anilines is 2. The fourth-order valence-corrected chi connectivity index (χ4v) is 3.18. The van der Waals surface area contributed by atoms with E-state index in [0.717, 1.165) is 11.1 Å². The molecule has 7 heteroatoms. The highest BCUT2D eigenvalue weighted by atomic mass is 35.5. The van der Waals surface area contributed by atoms with Gasteiger partial charge in [0.05, 0.1) is 12.6 Å². The van der Waals surface area contributed by atoms with Gasteiger partial charge in [-0.3, -0.25) is 9.59 Å². The van der Waals surface area contributed by atoms with Gasteiger partial charge in [0.25, 0.3) is 0 Å². The molecule has 130 valence electrons. The number of rotatable bonds is 3. The molecule has 26 heavy (non-hydrogen) atoms. The van der Waals surface area contributed by atoms with E-state index in [0.29, 0.717) is 16.5 Å². The van der Waals surface area contributed by atoms with Crippen molar-refractivity contribution in [1.29, 1.82) is 0 Å². The summed E-state index contributed by atoms with van der Waals surface area (Å²) >= 11 is 5.96. The first-order chi connectivity index (χ1) is 12.6. The molecule has 0 bridgehead atoms. The molecule has 0 aliphatic carbocycles. The number of fused-ring (bicyclic) bond motifs is 1. The SMILES string of the molecule is O=C1C[C@H](C(=O)Nc2cccc(Cl)c2)n2ncc(-c3ccccc3)c2N1. The van der Waals surface area contributed by atoms with Crippen molar-refractivity contribution < 1.29 is 9.59 Å². The third kappa shape index (κ3) is 3.07. The van der Waals surface area contributed by atoms with Crippen LogP contribution in [0.25, 0.3) is 11.1 Å². The van der Waals surface area contributed by atoms with Crippen LogP contribution in [0.15, 0.2) is 60.8 Å². The van der Waals surface area contributed by atoms with Crippen LogP contribution in [0.3, 0.4) is 0 Å². The van der Waals surface area contributed by atoms with Crippen molar-refractivity contribution in [2.75, 3.05) is 10.6 Å². The number of nitrogens with one attached hydrogen (secondary N) is 2. The second-order valence-corrected chi connectivity index (χ2v) is 6.42. The van der Waals surface area contributed by atoms with Crippen LogP contribution in [-0.4, -0.2) is 21.6 Å². The lowest BCUT2D eigenvalue weighted by atomic mass is 10.1. The molecule has 0 fully saturated rings. The molecule has 4 rings (SSSR count). The molecule has 0 saturated carbocycles. The van der Waals surface area contributed by atoms with Gasteiger partial charge in [-0.2, -0.15) is 5.10 Å². The Hall–Kier alpha value is -3.12. The molecule has 0 unspecified atom stereocenters. The fraction of sp³-hybridized carbons (Fsp3) is 0.105. The zero-order chi connectivity index (χ0) is 18.1. The van der Waals surface area contributed by atoms with E-state index in [4.69, 9.17) is 11.6 Å². The highest BCUT2D eigenvalue weighted by Gasteiger charge is 2.33. The van der Waals surface area contributed by atoms with E-state index in [1.165, 1.54) is 0 Å². The van der Waals surface area contributed by atoms with Gasteiger partial charge >= 0.3 is 0 Å². The van der Waals surface area contributed by atoms with Crippen LogP contribution in [0.2, 0.25) is 5.02 Å². The van der Waals surface area contributed by atoms with Gasteiger partial charge < -0.3 is 10.6 Å². The van der Waals surface area contributed by atoms with E-state index in [2.05, 4.69) is 15.7 Å². The summed E-state index contributed by atoms with van der Waals surface area (Å²) < 4.78 is 1.56. The Morgan fingerprint density at radius 1 is 1.19 bits per heavy atom. The molecule has 6 nitrogen and oxygen atoms in total. The van der Waals surface area contributed by atoms with Gasteiger partial charge in [-0.1, -0.05) is 48.0 Å². The van der Waals surface area contributed by atoms with E-state index in [1.54, 1.807) is 35.1 Å². The maximum absolute atomic E-state index is 12.7. The van der Waals surface area contributed by atoms with Crippen molar-refractivity contribution in [2.45, 2.75) is 12.5 Å². The van der Waals surface area contributed by atoms with Crippen molar-refractivity contribution in [2.24, 2.45) is 0 Å². The Labute approximate surface area is 154 Å². The molecule has 1 atom stereocenters. The number of benzene rings is 2. The van der Waals surface area contributed by atoms with Crippen LogP contribution >= 0.6 is 11.6 Å². The predicted octanol–water partition coefficient (Wildman–Crippen LogP) is 3.73. The monoisotopic (exact) mass is 366 g/mol. The minimum atomic E-state index is -0.727. The van der Waals surface area contributed by atoms with Crippen molar-refractivity contribution in [1.82, 2.24) is 9.78 Å². The maximum atomic E-state index is 12.7. The third-order valence-corrected chi connectivity index (χ3v) is 4.44. The quantitative estimate of drug-likeness (QED) is 0.741. The molecule has 1 aromatic heterocycles. The molecule has 2 N–H and O–H groups in total. The van der Waals surface area contributed by atoms with Gasteiger partial charge in [-0.15, -0.1) is 0 Å². The normalized spacial score (nSPS) is 15.9. The van der Waals surface area contributed by atoms with E-state index in [1.807, 2.05) is 30.3 Å². The number of carbonyl (C=O) groups excluding carboxylic acids is 2. The lowest BCUT2D eigenvalue weighted by Gasteiger charge is -2.24. The Bertz CT molecular complexity index is 984. The molecule has 2 amide bonds. The van der Waals surface area contributed by atoms with Crippen LogP contribution in [0.5, 0.6) is 0 Å². The Balaban J connectivity index is 1.66. The number of aromatic nitrogens is 2. The van der Waals surface area contributed by atoms with Gasteiger partial charge in [0, 0.05) is 16.3 Å². The topological polar surface area (TPSA) is 76.0 Å². The second-order valence-electron chi connectivity index (χ2n) is 5.99. The standard InChI is InChI=1S/C19H15ClN4O2/c20-13-7-4-8-14(9-13)22-19(26)16-10-17(25)23-18-15(11-21-24(16)18)12-5-2-1-3-6-12/h1-9,11,16H,10H2,(H,22,26)(H,23,25)/t16-/m1/s1. The molecule has 1 aliphatic rings. The molecule has 3 aromatic rings. The summed E-state index contributed by atoms with van der Waals surface area (Å²) in [7, 11) is 0. The largest absolute Gasteiger partial charge is 0.324 e. The molecule has 0 spiro atoms. The lowest BCUT2D eigenvalue weighted by Crippen LogP contribution is -2.35. The summed E-state index contributed by atoms with van der Waals surface area (Å²) in [5, 5.41) is 10.5. The Kier molecular flexibility index (Phi) is 4.18. The average molecular weight is 367 g/mol. The molecule has 2 heterocycles. The van der Waals surface area contributed by atoms with Gasteiger partial charge in [0.2, 0.25) is 11.8 Å². The van der Waals surface area contributed by atoms with Gasteiger partial charge in [0.1, 0.15) is 11.9 Å². The minimum absolute atomic E-state index is 0.0231. The third-order valence-electron chi connectivity index (χ3n) is 4.21. The fourth-order valence-electron chi connectivity index (χ4n) is 2.99. The summed E-state index contributed by atoms with van der Waals surface area (Å²) in [4.78, 5) is 24.9. The molecule has 1 aliphatic heterocycles. The van der Waals surface area contributed by atoms with Crippen LogP contribution in [0.1, 0.15) is 12.5 Å². The number of nitrogens with zero attached hydrogens (tertiary/aromatic N) is 2. The summed E-state index contributed by atoms with van der Waals surface area (Å²) in [6.45, 7) is 0. The highest BCUT2D eigenvalue weighted by Crippen LogP contribution is 2.34. The first kappa shape index (κ1) is 16.4. The van der Waals surface area contributed by atoms with Crippen molar-refractivity contribution >= 4 is 34.9 Å². The van der Waals surface area contributed by atoms with Crippen LogP contribution < -0.4 is 10.6 Å². The van der Waals surface area contributed by atoms with Crippen LogP contribution in [0, 0.1) is 0 Å². The summed E-state index contributed by atoms with van der Waals surface area (Å²) in [5.74, 6) is -0.00815. The van der Waals surface area contributed by atoms with E-state index >= 15 is 0 Å². The number of carbonyl (C=O) groups is 2. The summed E-state index contributed by atoms with van der Waals surface area (Å²) in [6, 6.07) is 15.7. The summed E-state index contributed by atoms with van der Waals surface area (Å²) in [6.07, 6.45) is 1.69. The van der Waals surface area contributed by atoms with Crippen molar-refractivity contribution in [3.8, 4) is 11.1 Å². The first-order valence-electron chi connectivity index (χ1n) is 8.11. The summed E-state index contributed by atoms with van der Waals surface area (Å²) in [5.41, 5.74) is 2.27. The van der Waals surface area contributed by atoms with Crippen molar-refractivity contribution in [3.05, 3.63) is 65.8 Å². The Morgan fingerprint density at radius 2 is 2.00 bits per heavy atom. The number of amides is 2. The van der Waals surface area contributed by atoms with Gasteiger partial charge in [0.15, 0.2) is 0 Å². The van der Waals surface area contributed by atoms with Crippen LogP contribution in [-0.2, 0) is 9.59 Å². The van der Waals surface area contributed by atoms with Crippen LogP contribution in [0.4, 0.5) is 11.5 Å². The van der Waals surface area contributed by atoms with Gasteiger partial charge in [-0.25, -0.2) is 4.68 Å². The van der Waals surface area contributed by atoms with Gasteiger partial charge in [-0.05, 0) is 23.8 Å². The number of hydrogen-bond acceptors (Lipinski definition) is 3. The van der Waals surface area contributed by atoms with E-state index in [9.17, 15) is 9.59 Å². The zero-order valence-corrected chi connectivity index (χ0v) is 14.4. The molecule has 0 radical (unpaired) electrons. The van der Waals surface area contributed by atoms with E-state index in [-0.39, 0.29) is 18.2 Å². The number of hydrogen-bond donors (Lipinski definition) is 2. The maximum Gasteiger partial charge on any atom is 0.249 e. The Morgan fingerprint density at radius 3 is 2.77 bits per heavy atom. The van der Waals surface area contributed by atoms with Crippen molar-refractivity contribution in [3.63, 3.8) is 0 Å². The molecular weight excluding hydrogens is 352 g/mol. The first-order valence-corrected chi connectivity index (χ1v) is 8.49. The predicted molar refractivity (Wildman–Crippen MR) is 100 cm³/mol. The zero-order valence-electron chi connectivity index (χ0n) is 13.6. The second kappa shape index (κ2) is 6.65. The molecule has 2 aromatic carbocycles. The smallest absolute Gasteiger partial charge is 0.249 e. The lowest BCUT2D eigenvalue weighted by molar-refractivity contribution is -0.125. The number of halogens is 1. The average Bonchev–Trinajstić information content (AvgIpc) is 3.05. The van der Waals surface area contributed by atoms with E-state index < -0.39 is 6.04 Å². The molecular formula is C19H15ClN4O2.